The van der Waals surface area contributed by atoms with Gasteiger partial charge in [-0.05, 0) is 49.2 Å². The van der Waals surface area contributed by atoms with Crippen molar-refractivity contribution in [3.63, 3.8) is 0 Å². The SMILES string of the molecule is Cc1ccc(NC(=O)N2CCc3nc4ccc(Cl)cn4c(=O)c3C2)cc1C. The number of benzene rings is 1. The number of hydrogen-bond donors (Lipinski definition) is 1. The first-order valence-electron chi connectivity index (χ1n) is 8.75. The first-order valence-corrected chi connectivity index (χ1v) is 9.13. The fourth-order valence-electron chi connectivity index (χ4n) is 3.27. The highest BCUT2D eigenvalue weighted by Crippen LogP contribution is 2.19. The van der Waals surface area contributed by atoms with Gasteiger partial charge in [-0.25, -0.2) is 9.78 Å². The van der Waals surface area contributed by atoms with E-state index in [1.54, 1.807) is 23.2 Å². The van der Waals surface area contributed by atoms with Crippen molar-refractivity contribution in [1.82, 2.24) is 14.3 Å². The third kappa shape index (κ3) is 3.28. The summed E-state index contributed by atoms with van der Waals surface area (Å²) in [5.41, 5.74) is 4.70. The maximum absolute atomic E-state index is 12.8. The van der Waals surface area contributed by atoms with Crippen LogP contribution in [0.25, 0.3) is 5.65 Å². The number of hydrogen-bond acceptors (Lipinski definition) is 3. The number of aromatic nitrogens is 2. The number of aryl methyl sites for hydroxylation is 2. The van der Waals surface area contributed by atoms with Gasteiger partial charge in [-0.1, -0.05) is 17.7 Å². The lowest BCUT2D eigenvalue weighted by Crippen LogP contribution is -2.42. The van der Waals surface area contributed by atoms with E-state index in [1.165, 1.54) is 9.96 Å². The Bertz CT molecular complexity index is 1120. The molecule has 7 heteroatoms. The Morgan fingerprint density at radius 3 is 2.78 bits per heavy atom. The second-order valence-corrected chi connectivity index (χ2v) is 7.25. The van der Waals surface area contributed by atoms with Crippen LogP contribution in [0.5, 0.6) is 0 Å². The van der Waals surface area contributed by atoms with Gasteiger partial charge in [0.25, 0.3) is 5.56 Å². The fraction of sp³-hybridized carbons (Fsp3) is 0.250. The first-order chi connectivity index (χ1) is 12.9. The number of rotatable bonds is 1. The van der Waals surface area contributed by atoms with Crippen molar-refractivity contribution < 1.29 is 4.79 Å². The largest absolute Gasteiger partial charge is 0.322 e. The van der Waals surface area contributed by atoms with Gasteiger partial charge in [0.2, 0.25) is 0 Å². The van der Waals surface area contributed by atoms with Gasteiger partial charge in [-0.15, -0.1) is 0 Å². The third-order valence-electron chi connectivity index (χ3n) is 4.98. The lowest BCUT2D eigenvalue weighted by Gasteiger charge is -2.28. The van der Waals surface area contributed by atoms with E-state index in [1.807, 2.05) is 32.0 Å². The van der Waals surface area contributed by atoms with E-state index < -0.39 is 0 Å². The molecule has 0 saturated carbocycles. The van der Waals surface area contributed by atoms with Crippen LogP contribution in [0.2, 0.25) is 5.02 Å². The number of amides is 2. The Morgan fingerprint density at radius 1 is 1.19 bits per heavy atom. The molecular formula is C20H19ClN4O2. The second-order valence-electron chi connectivity index (χ2n) is 6.82. The summed E-state index contributed by atoms with van der Waals surface area (Å²) in [6.45, 7) is 4.78. The Labute approximate surface area is 161 Å². The molecule has 0 saturated heterocycles. The molecule has 0 spiro atoms. The predicted octanol–water partition coefficient (Wildman–Crippen LogP) is 3.55. The number of fused-ring (bicyclic) bond motifs is 2. The number of nitrogens with one attached hydrogen (secondary N) is 1. The third-order valence-corrected chi connectivity index (χ3v) is 5.20. The maximum atomic E-state index is 12.8. The molecule has 1 aromatic carbocycles. The summed E-state index contributed by atoms with van der Waals surface area (Å²) in [6, 6.07) is 9.01. The number of carbonyl (C=O) groups excluding carboxylic acids is 1. The zero-order chi connectivity index (χ0) is 19.1. The summed E-state index contributed by atoms with van der Waals surface area (Å²) in [4.78, 5) is 31.7. The highest BCUT2D eigenvalue weighted by molar-refractivity contribution is 6.30. The van der Waals surface area contributed by atoms with Crippen molar-refractivity contribution in [2.24, 2.45) is 0 Å². The number of carbonyl (C=O) groups is 1. The number of nitrogens with zero attached hydrogens (tertiary/aromatic N) is 3. The van der Waals surface area contributed by atoms with E-state index in [0.29, 0.717) is 29.2 Å². The van der Waals surface area contributed by atoms with Crippen LogP contribution in [0.4, 0.5) is 10.5 Å². The molecule has 6 nitrogen and oxygen atoms in total. The standard InChI is InChI=1S/C20H19ClN4O2/c1-12-3-5-15(9-13(12)2)22-20(27)24-8-7-17-16(11-24)19(26)25-10-14(21)4-6-18(25)23-17/h3-6,9-10H,7-8,11H2,1-2H3,(H,22,27). The van der Waals surface area contributed by atoms with Crippen LogP contribution in [0.1, 0.15) is 22.4 Å². The predicted molar refractivity (Wildman–Crippen MR) is 106 cm³/mol. The topological polar surface area (TPSA) is 66.7 Å². The summed E-state index contributed by atoms with van der Waals surface area (Å²) < 4.78 is 1.44. The van der Waals surface area contributed by atoms with E-state index in [0.717, 1.165) is 16.9 Å². The molecule has 0 fully saturated rings. The minimum Gasteiger partial charge on any atom is -0.320 e. The van der Waals surface area contributed by atoms with E-state index in [-0.39, 0.29) is 18.1 Å². The lowest BCUT2D eigenvalue weighted by molar-refractivity contribution is 0.205. The van der Waals surface area contributed by atoms with Crippen molar-refractivity contribution in [1.29, 1.82) is 0 Å². The maximum Gasteiger partial charge on any atom is 0.322 e. The molecule has 3 aromatic rings. The average molecular weight is 383 g/mol. The summed E-state index contributed by atoms with van der Waals surface area (Å²) >= 11 is 6.01. The molecule has 0 atom stereocenters. The van der Waals surface area contributed by atoms with E-state index in [2.05, 4.69) is 10.3 Å². The minimum absolute atomic E-state index is 0.179. The molecule has 1 N–H and O–H groups in total. The minimum atomic E-state index is -0.223. The van der Waals surface area contributed by atoms with Gasteiger partial charge in [0.1, 0.15) is 5.65 Å². The van der Waals surface area contributed by atoms with Crippen LogP contribution >= 0.6 is 11.6 Å². The van der Waals surface area contributed by atoms with Gasteiger partial charge in [-0.2, -0.15) is 0 Å². The number of pyridine rings is 1. The molecule has 1 aliphatic rings. The van der Waals surface area contributed by atoms with Gasteiger partial charge >= 0.3 is 6.03 Å². The average Bonchev–Trinajstić information content (AvgIpc) is 2.65. The zero-order valence-electron chi connectivity index (χ0n) is 15.1. The van der Waals surface area contributed by atoms with E-state index >= 15 is 0 Å². The Kier molecular flexibility index (Phi) is 4.36. The van der Waals surface area contributed by atoms with Crippen LogP contribution in [0.3, 0.4) is 0 Å². The van der Waals surface area contributed by atoms with Crippen LogP contribution < -0.4 is 10.9 Å². The lowest BCUT2D eigenvalue weighted by atomic mass is 10.1. The Hall–Kier alpha value is -2.86. The normalized spacial score (nSPS) is 13.5. The summed E-state index contributed by atoms with van der Waals surface area (Å²) in [5.74, 6) is 0. The molecule has 27 heavy (non-hydrogen) atoms. The van der Waals surface area contributed by atoms with Gasteiger partial charge < -0.3 is 10.2 Å². The molecule has 4 rings (SSSR count). The summed E-state index contributed by atoms with van der Waals surface area (Å²) in [7, 11) is 0. The summed E-state index contributed by atoms with van der Waals surface area (Å²) in [6.07, 6.45) is 2.10. The monoisotopic (exact) mass is 382 g/mol. The molecule has 0 unspecified atom stereocenters. The number of anilines is 1. The zero-order valence-corrected chi connectivity index (χ0v) is 15.9. The van der Waals surface area contributed by atoms with Crippen molar-refractivity contribution >= 4 is 29.0 Å². The van der Waals surface area contributed by atoms with Gasteiger partial charge in [-0.3, -0.25) is 9.20 Å². The van der Waals surface area contributed by atoms with Crippen LogP contribution in [0.15, 0.2) is 41.3 Å². The van der Waals surface area contributed by atoms with Gasteiger partial charge in [0, 0.05) is 24.8 Å². The Balaban J connectivity index is 1.61. The van der Waals surface area contributed by atoms with Crippen molar-refractivity contribution in [2.75, 3.05) is 11.9 Å². The molecule has 138 valence electrons. The molecule has 0 radical (unpaired) electrons. The number of urea groups is 1. The van der Waals surface area contributed by atoms with Crippen molar-refractivity contribution in [3.05, 3.63) is 74.3 Å². The Morgan fingerprint density at radius 2 is 2.00 bits per heavy atom. The molecule has 3 heterocycles. The van der Waals surface area contributed by atoms with Gasteiger partial charge in [0.05, 0.1) is 22.8 Å². The van der Waals surface area contributed by atoms with Crippen LogP contribution in [-0.4, -0.2) is 26.9 Å². The van der Waals surface area contributed by atoms with Gasteiger partial charge in [0.15, 0.2) is 0 Å². The molecule has 2 aromatic heterocycles. The van der Waals surface area contributed by atoms with E-state index in [9.17, 15) is 9.59 Å². The van der Waals surface area contributed by atoms with Crippen molar-refractivity contribution in [2.45, 2.75) is 26.8 Å². The van der Waals surface area contributed by atoms with Crippen LogP contribution in [0, 0.1) is 13.8 Å². The van der Waals surface area contributed by atoms with Crippen molar-refractivity contribution in [3.8, 4) is 0 Å². The quantitative estimate of drug-likeness (QED) is 0.699. The molecular weight excluding hydrogens is 364 g/mol. The smallest absolute Gasteiger partial charge is 0.320 e. The number of halogens is 1. The van der Waals surface area contributed by atoms with E-state index in [4.69, 9.17) is 11.6 Å². The van der Waals surface area contributed by atoms with Crippen LogP contribution in [-0.2, 0) is 13.0 Å². The molecule has 1 aliphatic heterocycles. The second kappa shape index (κ2) is 6.70. The highest BCUT2D eigenvalue weighted by Gasteiger charge is 2.25. The molecule has 2 amide bonds. The fourth-order valence-corrected chi connectivity index (χ4v) is 3.43. The molecule has 0 bridgehead atoms. The molecule has 0 aliphatic carbocycles. The summed E-state index contributed by atoms with van der Waals surface area (Å²) in [5, 5.41) is 3.38. The highest BCUT2D eigenvalue weighted by atomic mass is 35.5. The first kappa shape index (κ1) is 17.5.